The monoisotopic (exact) mass is 901 g/mol. The van der Waals surface area contributed by atoms with E-state index in [0.717, 1.165) is 38.0 Å². The Morgan fingerprint density at radius 3 is 2.23 bits per heavy atom. The molecule has 0 unspecified atom stereocenters. The number of thiazole rings is 1. The number of unbranched alkanes of at least 4 members (excludes halogenated alkanes) is 2. The molecule has 0 bridgehead atoms. The number of hydrogen-bond donors (Lipinski definition) is 3. The summed E-state index contributed by atoms with van der Waals surface area (Å²) in [6, 6.07) is 11.9. The van der Waals surface area contributed by atoms with Gasteiger partial charge in [0, 0.05) is 37.1 Å². The fourth-order valence-electron chi connectivity index (χ4n) is 4.90. The standard InChI is InChI=1S/C28H26I2N2O8S4/c29-17-5-7-21-23(13-17)41-25(31(21)9-1-3-11-43(35,36)37)15-19-27(33)20(28(19)34)16-26-32(10-2-4-12-44(38,39)40)22-8-6-18(30)14-24(22)42-26/h5-8,13-16H,1-4,9-12H2,(H2-,33,34,35,36,37,38,39,40)/p+1. The number of aliphatic hydroxyl groups excluding tert-OH is 1. The van der Waals surface area contributed by atoms with E-state index in [0.29, 0.717) is 25.9 Å². The number of hydrogen-bond acceptors (Lipinski definition) is 9. The summed E-state index contributed by atoms with van der Waals surface area (Å²) in [5.41, 5.74) is 2.20. The van der Waals surface area contributed by atoms with Crippen LogP contribution in [0.15, 0.2) is 69.3 Å². The minimum absolute atomic E-state index is 0.120. The summed E-state index contributed by atoms with van der Waals surface area (Å²) in [7, 11) is -8.11. The number of nitrogens with zero attached hydrogens (tertiary/aromatic N) is 2. The molecule has 2 heterocycles. The molecular weight excluding hydrogens is 874 g/mol. The van der Waals surface area contributed by atoms with Gasteiger partial charge in [0.05, 0.1) is 33.4 Å². The zero-order chi connectivity index (χ0) is 31.8. The van der Waals surface area contributed by atoms with Crippen molar-refractivity contribution in [2.24, 2.45) is 0 Å². The lowest BCUT2D eigenvalue weighted by Gasteiger charge is -2.23. The third kappa shape index (κ3) is 8.05. The third-order valence-corrected chi connectivity index (χ3v) is 12.1. The molecule has 2 aromatic carbocycles. The molecule has 0 fully saturated rings. The Balaban J connectivity index is 1.42. The molecule has 10 nitrogen and oxygen atoms in total. The molecule has 0 saturated heterocycles. The lowest BCUT2D eigenvalue weighted by molar-refractivity contribution is -0.669. The zero-order valence-electron chi connectivity index (χ0n) is 22.9. The van der Waals surface area contributed by atoms with Crippen molar-refractivity contribution in [3.63, 3.8) is 0 Å². The number of fused-ring (bicyclic) bond motifs is 2. The van der Waals surface area contributed by atoms with Crippen LogP contribution < -0.4 is 9.47 Å². The van der Waals surface area contributed by atoms with E-state index in [1.165, 1.54) is 23.1 Å². The highest BCUT2D eigenvalue weighted by molar-refractivity contribution is 14.1. The number of benzene rings is 2. The number of carbonyl (C=O) groups is 1. The largest absolute Gasteiger partial charge is 0.506 e. The second-order valence-corrected chi connectivity index (χ2v) is 17.9. The van der Waals surface area contributed by atoms with E-state index in [4.69, 9.17) is 9.11 Å². The lowest BCUT2D eigenvalue weighted by Crippen LogP contribution is -2.36. The molecule has 5 rings (SSSR count). The predicted molar refractivity (Wildman–Crippen MR) is 189 cm³/mol. The quantitative estimate of drug-likeness (QED) is 0.0653. The SMILES string of the molecule is O=C1C(/C=C2/Sc3cc(I)ccc3N2CCCCS(=O)(=O)O)=C(O)C/1=C\c1sc2cc(I)ccc2[n+]1CCCCS(=O)(=O)O. The number of Topliss-reactive ketones (excluding diaryl/α,β-unsaturated/α-hetero) is 1. The van der Waals surface area contributed by atoms with Gasteiger partial charge in [0.2, 0.25) is 11.3 Å². The first-order valence-electron chi connectivity index (χ1n) is 13.4. The predicted octanol–water partition coefficient (Wildman–Crippen LogP) is 5.97. The first kappa shape index (κ1) is 33.8. The first-order valence-corrected chi connectivity index (χ1v) is 20.4. The van der Waals surface area contributed by atoms with Crippen molar-refractivity contribution in [2.45, 2.75) is 37.1 Å². The van der Waals surface area contributed by atoms with E-state index < -0.39 is 20.2 Å². The molecule has 1 aromatic heterocycles. The molecule has 0 atom stereocenters. The highest BCUT2D eigenvalue weighted by Crippen LogP contribution is 2.48. The lowest BCUT2D eigenvalue weighted by atomic mass is 9.88. The Hall–Kier alpha value is -1.55. The Bertz CT molecular complexity index is 1970. The molecule has 0 spiro atoms. The Labute approximate surface area is 290 Å². The van der Waals surface area contributed by atoms with Crippen LogP contribution in [0.3, 0.4) is 0 Å². The molecule has 3 N–H and O–H groups in total. The highest BCUT2D eigenvalue weighted by Gasteiger charge is 2.36. The van der Waals surface area contributed by atoms with Crippen LogP contribution in [-0.4, -0.2) is 54.9 Å². The topological polar surface area (TPSA) is 153 Å². The number of ketones is 1. The second-order valence-electron chi connectivity index (χ2n) is 10.2. The number of aromatic nitrogens is 1. The van der Waals surface area contributed by atoms with Crippen LogP contribution in [0.2, 0.25) is 0 Å². The second kappa shape index (κ2) is 13.7. The molecular formula is C28H27I2N2O8S4+. The minimum atomic E-state index is -4.05. The number of halogens is 2. The number of anilines is 1. The Morgan fingerprint density at radius 1 is 0.886 bits per heavy atom. The van der Waals surface area contributed by atoms with Crippen LogP contribution in [0.5, 0.6) is 0 Å². The van der Waals surface area contributed by atoms with Crippen LogP contribution in [-0.2, 0) is 31.6 Å². The van der Waals surface area contributed by atoms with Crippen molar-refractivity contribution < 1.29 is 40.4 Å². The fourth-order valence-corrected chi connectivity index (χ4v) is 9.78. The molecule has 3 aromatic rings. The molecule has 16 heteroatoms. The van der Waals surface area contributed by atoms with E-state index in [1.807, 2.05) is 45.9 Å². The Morgan fingerprint density at radius 2 is 1.55 bits per heavy atom. The number of thioether (sulfide) groups is 1. The van der Waals surface area contributed by atoms with Gasteiger partial charge in [-0.2, -0.15) is 21.4 Å². The van der Waals surface area contributed by atoms with Crippen molar-refractivity contribution in [2.75, 3.05) is 23.0 Å². The van der Waals surface area contributed by atoms with Gasteiger partial charge in [-0.25, -0.2) is 0 Å². The minimum Gasteiger partial charge on any atom is -0.506 e. The van der Waals surface area contributed by atoms with Gasteiger partial charge in [-0.3, -0.25) is 13.9 Å². The van der Waals surface area contributed by atoms with Crippen LogP contribution in [0.4, 0.5) is 5.69 Å². The van der Waals surface area contributed by atoms with Crippen LogP contribution in [0, 0.1) is 7.14 Å². The number of aryl methyl sites for hydroxylation is 1. The summed E-state index contributed by atoms with van der Waals surface area (Å²) in [5, 5.41) is 12.5. The van der Waals surface area contributed by atoms with Crippen molar-refractivity contribution in [3.8, 4) is 0 Å². The maximum Gasteiger partial charge on any atom is 0.264 e. The van der Waals surface area contributed by atoms with E-state index in [2.05, 4.69) is 45.2 Å². The van der Waals surface area contributed by atoms with Crippen molar-refractivity contribution in [3.05, 3.63) is 76.6 Å². The third-order valence-electron chi connectivity index (χ3n) is 6.99. The van der Waals surface area contributed by atoms with Crippen molar-refractivity contribution >= 4 is 116 Å². The van der Waals surface area contributed by atoms with E-state index in [-0.39, 0.29) is 47.0 Å². The number of rotatable bonds is 12. The molecule has 2 aliphatic rings. The van der Waals surface area contributed by atoms with Gasteiger partial charge >= 0.3 is 0 Å². The number of aliphatic hydroxyl groups is 1. The molecule has 234 valence electrons. The molecule has 1 aliphatic carbocycles. The fraction of sp³-hybridized carbons (Fsp3) is 0.286. The van der Waals surface area contributed by atoms with E-state index in [1.54, 1.807) is 12.2 Å². The van der Waals surface area contributed by atoms with Gasteiger partial charge in [-0.15, -0.1) is 0 Å². The van der Waals surface area contributed by atoms with E-state index in [9.17, 15) is 26.7 Å². The summed E-state index contributed by atoms with van der Waals surface area (Å²) in [4.78, 5) is 16.3. The molecule has 44 heavy (non-hydrogen) atoms. The number of allylic oxidation sites excluding steroid dienone is 3. The van der Waals surface area contributed by atoms with Gasteiger partial charge in [-0.05, 0) is 101 Å². The highest BCUT2D eigenvalue weighted by atomic mass is 127. The molecule has 0 radical (unpaired) electrons. The van der Waals surface area contributed by atoms with Gasteiger partial charge < -0.3 is 10.0 Å². The van der Waals surface area contributed by atoms with Crippen LogP contribution >= 0.6 is 68.3 Å². The van der Waals surface area contributed by atoms with E-state index >= 15 is 0 Å². The molecule has 0 amide bonds. The van der Waals surface area contributed by atoms with Crippen LogP contribution in [0.25, 0.3) is 16.3 Å². The summed E-state index contributed by atoms with van der Waals surface area (Å²) in [6.07, 6.45) is 4.84. The number of carbonyl (C=O) groups excluding carboxylic acids is 1. The summed E-state index contributed by atoms with van der Waals surface area (Å²) in [6.45, 7) is 0.927. The van der Waals surface area contributed by atoms with Gasteiger partial charge in [0.15, 0.2) is 6.54 Å². The summed E-state index contributed by atoms with van der Waals surface area (Å²) < 4.78 is 67.9. The van der Waals surface area contributed by atoms with Crippen molar-refractivity contribution in [1.82, 2.24) is 0 Å². The normalized spacial score (nSPS) is 17.3. The Kier molecular flexibility index (Phi) is 10.5. The average molecular weight is 902 g/mol. The van der Waals surface area contributed by atoms with Gasteiger partial charge in [0.25, 0.3) is 25.2 Å². The smallest absolute Gasteiger partial charge is 0.264 e. The first-order chi connectivity index (χ1) is 20.7. The van der Waals surface area contributed by atoms with Gasteiger partial charge in [-0.1, -0.05) is 23.1 Å². The summed E-state index contributed by atoms with van der Waals surface area (Å²) in [5.74, 6) is -1.09. The van der Waals surface area contributed by atoms with Crippen molar-refractivity contribution in [1.29, 1.82) is 0 Å². The molecule has 0 saturated carbocycles. The maximum absolute atomic E-state index is 13.4. The van der Waals surface area contributed by atoms with Crippen LogP contribution in [0.1, 0.15) is 30.7 Å². The summed E-state index contributed by atoms with van der Waals surface area (Å²) >= 11 is 7.37. The van der Waals surface area contributed by atoms with Gasteiger partial charge in [0.1, 0.15) is 10.5 Å². The maximum atomic E-state index is 13.4. The molecule has 1 aliphatic heterocycles. The zero-order valence-corrected chi connectivity index (χ0v) is 30.5. The average Bonchev–Trinajstić information content (AvgIpc) is 3.45.